The van der Waals surface area contributed by atoms with Crippen molar-refractivity contribution in [3.8, 4) is 0 Å². The predicted molar refractivity (Wildman–Crippen MR) is 68.7 cm³/mol. The maximum Gasteiger partial charge on any atom is 0.137 e. The molecule has 1 aliphatic rings. The molecule has 1 atom stereocenters. The fraction of sp³-hybridized carbons (Fsp3) is 0.538. The fourth-order valence-electron chi connectivity index (χ4n) is 1.97. The van der Waals surface area contributed by atoms with E-state index in [1.165, 1.54) is 6.07 Å². The normalized spacial score (nSPS) is 19.2. The first-order chi connectivity index (χ1) is 8.18. The molecule has 94 valence electrons. The molecule has 2 N–H and O–H groups in total. The Labute approximate surface area is 106 Å². The maximum atomic E-state index is 13.9. The molecule has 1 aromatic rings. The van der Waals surface area contributed by atoms with Crippen LogP contribution in [0.3, 0.4) is 0 Å². The fourth-order valence-corrected chi connectivity index (χ4v) is 3.30. The van der Waals surface area contributed by atoms with Crippen LogP contribution in [0.2, 0.25) is 0 Å². The van der Waals surface area contributed by atoms with Gasteiger partial charge in [-0.1, -0.05) is 12.1 Å². The molecule has 0 aromatic heterocycles. The Balaban J connectivity index is 2.18. The molecule has 1 aliphatic heterocycles. The Kier molecular flexibility index (Phi) is 4.42. The molecule has 0 radical (unpaired) electrons. The smallest absolute Gasteiger partial charge is 0.137 e. The van der Waals surface area contributed by atoms with E-state index in [-0.39, 0.29) is 11.9 Å². The number of ether oxygens (including phenoxy) is 1. The van der Waals surface area contributed by atoms with Gasteiger partial charge in [-0.3, -0.25) is 0 Å². The molecule has 1 unspecified atom stereocenters. The van der Waals surface area contributed by atoms with E-state index in [1.807, 2.05) is 13.0 Å². The first-order valence-electron chi connectivity index (χ1n) is 5.97. The highest BCUT2D eigenvalue weighted by Crippen LogP contribution is 2.35. The molecular weight excluding hydrogens is 237 g/mol. The van der Waals surface area contributed by atoms with Crippen LogP contribution in [-0.2, 0) is 4.74 Å². The third kappa shape index (κ3) is 3.21. The first kappa shape index (κ1) is 12.9. The minimum Gasteiger partial charge on any atom is -0.381 e. The van der Waals surface area contributed by atoms with Crippen molar-refractivity contribution in [3.05, 3.63) is 29.6 Å². The molecule has 2 nitrogen and oxygen atoms in total. The van der Waals surface area contributed by atoms with E-state index in [0.29, 0.717) is 5.25 Å². The van der Waals surface area contributed by atoms with Gasteiger partial charge in [0.15, 0.2) is 0 Å². The number of rotatable bonds is 3. The van der Waals surface area contributed by atoms with Crippen molar-refractivity contribution in [2.75, 3.05) is 13.2 Å². The summed E-state index contributed by atoms with van der Waals surface area (Å²) in [6, 6.07) is 5.01. The summed E-state index contributed by atoms with van der Waals surface area (Å²) in [6.07, 6.45) is 1.97. The molecule has 0 bridgehead atoms. The van der Waals surface area contributed by atoms with Gasteiger partial charge in [0.25, 0.3) is 0 Å². The lowest BCUT2D eigenvalue weighted by atomic mass is 10.1. The summed E-state index contributed by atoms with van der Waals surface area (Å²) < 4.78 is 19.2. The van der Waals surface area contributed by atoms with Gasteiger partial charge in [-0.05, 0) is 31.4 Å². The first-order valence-corrected chi connectivity index (χ1v) is 6.85. The zero-order valence-electron chi connectivity index (χ0n) is 9.99. The molecule has 1 aromatic carbocycles. The number of hydrogen-bond donors (Lipinski definition) is 1. The molecule has 0 amide bonds. The van der Waals surface area contributed by atoms with Gasteiger partial charge in [-0.25, -0.2) is 4.39 Å². The van der Waals surface area contributed by atoms with Crippen molar-refractivity contribution >= 4 is 11.8 Å². The largest absolute Gasteiger partial charge is 0.381 e. The van der Waals surface area contributed by atoms with E-state index in [0.717, 1.165) is 36.5 Å². The average Bonchev–Trinajstić information content (AvgIpc) is 2.33. The van der Waals surface area contributed by atoms with Crippen LogP contribution >= 0.6 is 11.8 Å². The third-order valence-electron chi connectivity index (χ3n) is 2.94. The van der Waals surface area contributed by atoms with E-state index < -0.39 is 0 Å². The molecule has 1 saturated heterocycles. The van der Waals surface area contributed by atoms with Crippen molar-refractivity contribution in [1.82, 2.24) is 0 Å². The summed E-state index contributed by atoms with van der Waals surface area (Å²) in [6.45, 7) is 3.45. The molecule has 2 rings (SSSR count). The highest BCUT2D eigenvalue weighted by Gasteiger charge is 2.20. The van der Waals surface area contributed by atoms with E-state index in [4.69, 9.17) is 10.5 Å². The number of nitrogens with two attached hydrogens (primary N) is 1. The topological polar surface area (TPSA) is 35.2 Å². The van der Waals surface area contributed by atoms with Gasteiger partial charge in [0.05, 0.1) is 0 Å². The van der Waals surface area contributed by atoms with E-state index >= 15 is 0 Å². The Hall–Kier alpha value is -0.580. The van der Waals surface area contributed by atoms with Crippen LogP contribution in [0.4, 0.5) is 4.39 Å². The Bertz CT molecular complexity index is 378. The summed E-state index contributed by atoms with van der Waals surface area (Å²) in [4.78, 5) is 0.717. The number of halogens is 1. The minimum absolute atomic E-state index is 0.131. The summed E-state index contributed by atoms with van der Waals surface area (Å²) in [5.41, 5.74) is 6.79. The lowest BCUT2D eigenvalue weighted by molar-refractivity contribution is 0.1000. The summed E-state index contributed by atoms with van der Waals surface area (Å²) in [7, 11) is 0. The molecule has 1 fully saturated rings. The minimum atomic E-state index is -0.156. The SMILES string of the molecule is CC(N)c1cccc(F)c1SC1CCOCC1. The van der Waals surface area contributed by atoms with Crippen molar-refractivity contribution in [3.63, 3.8) is 0 Å². The van der Waals surface area contributed by atoms with Crippen molar-refractivity contribution in [2.45, 2.75) is 36.0 Å². The van der Waals surface area contributed by atoms with Crippen molar-refractivity contribution in [1.29, 1.82) is 0 Å². The van der Waals surface area contributed by atoms with Crippen molar-refractivity contribution in [2.24, 2.45) is 5.73 Å². The van der Waals surface area contributed by atoms with Gasteiger partial charge in [0, 0.05) is 29.4 Å². The lowest BCUT2D eigenvalue weighted by Crippen LogP contribution is -2.18. The summed E-state index contributed by atoms with van der Waals surface area (Å²) >= 11 is 1.61. The molecule has 1 heterocycles. The van der Waals surface area contributed by atoms with Gasteiger partial charge in [0.2, 0.25) is 0 Å². The Morgan fingerprint density at radius 2 is 2.12 bits per heavy atom. The maximum absolute atomic E-state index is 13.9. The van der Waals surface area contributed by atoms with Crippen LogP contribution < -0.4 is 5.73 Å². The van der Waals surface area contributed by atoms with Crippen molar-refractivity contribution < 1.29 is 9.13 Å². The number of benzene rings is 1. The van der Waals surface area contributed by atoms with Crippen LogP contribution in [-0.4, -0.2) is 18.5 Å². The Morgan fingerprint density at radius 3 is 2.76 bits per heavy atom. The summed E-state index contributed by atoms with van der Waals surface area (Å²) in [5.74, 6) is -0.156. The monoisotopic (exact) mass is 255 g/mol. The zero-order valence-corrected chi connectivity index (χ0v) is 10.8. The second-order valence-corrected chi connectivity index (χ2v) is 5.69. The highest BCUT2D eigenvalue weighted by molar-refractivity contribution is 8.00. The van der Waals surface area contributed by atoms with Crippen LogP contribution in [0.25, 0.3) is 0 Å². The molecule has 4 heteroatoms. The van der Waals surface area contributed by atoms with E-state index in [1.54, 1.807) is 17.8 Å². The molecule has 0 aliphatic carbocycles. The van der Waals surface area contributed by atoms with Crippen LogP contribution in [0.1, 0.15) is 31.4 Å². The van der Waals surface area contributed by atoms with E-state index in [2.05, 4.69) is 0 Å². The highest BCUT2D eigenvalue weighted by atomic mass is 32.2. The zero-order chi connectivity index (χ0) is 12.3. The number of hydrogen-bond acceptors (Lipinski definition) is 3. The lowest BCUT2D eigenvalue weighted by Gasteiger charge is -2.23. The standard InChI is InChI=1S/C13H18FNOS/c1-9(15)11-3-2-4-12(14)13(11)17-10-5-7-16-8-6-10/h2-4,9-10H,5-8,15H2,1H3. The van der Waals surface area contributed by atoms with Gasteiger partial charge in [-0.15, -0.1) is 11.8 Å². The van der Waals surface area contributed by atoms with E-state index in [9.17, 15) is 4.39 Å². The molecular formula is C13H18FNOS. The molecule has 0 spiro atoms. The van der Waals surface area contributed by atoms with Crippen LogP contribution in [0.15, 0.2) is 23.1 Å². The summed E-state index contributed by atoms with van der Waals surface area (Å²) in [5, 5.41) is 0.443. The molecule has 17 heavy (non-hydrogen) atoms. The predicted octanol–water partition coefficient (Wildman–Crippen LogP) is 3.12. The quantitative estimate of drug-likeness (QED) is 0.901. The number of thioether (sulfide) groups is 1. The van der Waals surface area contributed by atoms with Gasteiger partial charge >= 0.3 is 0 Å². The van der Waals surface area contributed by atoms with Gasteiger partial charge < -0.3 is 10.5 Å². The second-order valence-electron chi connectivity index (χ2n) is 4.38. The molecule has 0 saturated carbocycles. The Morgan fingerprint density at radius 1 is 1.41 bits per heavy atom. The van der Waals surface area contributed by atoms with Gasteiger partial charge in [0.1, 0.15) is 5.82 Å². The average molecular weight is 255 g/mol. The van der Waals surface area contributed by atoms with Gasteiger partial charge in [-0.2, -0.15) is 0 Å². The van der Waals surface area contributed by atoms with Crippen LogP contribution in [0, 0.1) is 5.82 Å². The second kappa shape index (κ2) is 5.85. The third-order valence-corrected chi connectivity index (χ3v) is 4.41. The van der Waals surface area contributed by atoms with Crippen LogP contribution in [0.5, 0.6) is 0 Å².